The summed E-state index contributed by atoms with van der Waals surface area (Å²) in [6, 6.07) is 9.78. The smallest absolute Gasteiger partial charge is 0.259 e. The predicted octanol–water partition coefficient (Wildman–Crippen LogP) is 1.67. The summed E-state index contributed by atoms with van der Waals surface area (Å²) in [7, 11) is -0.431. The molecule has 1 aliphatic rings. The number of nitrogens with zero attached hydrogens (tertiary/aromatic N) is 1. The van der Waals surface area contributed by atoms with Gasteiger partial charge in [-0.05, 0) is 48.4 Å². The molecule has 1 heterocycles. The third-order valence-corrected chi connectivity index (χ3v) is 5.61. The molecule has 28 heavy (non-hydrogen) atoms. The number of ether oxygens (including phenoxy) is 3. The fourth-order valence-electron chi connectivity index (χ4n) is 2.53. The summed E-state index contributed by atoms with van der Waals surface area (Å²) in [5.74, 6) is 1.53. The van der Waals surface area contributed by atoms with Gasteiger partial charge in [-0.2, -0.15) is 0 Å². The molecule has 0 spiro atoms. The van der Waals surface area contributed by atoms with E-state index in [1.807, 2.05) is 0 Å². The number of hydrogen-bond donors (Lipinski definition) is 1. The maximum atomic E-state index is 12.6. The van der Waals surface area contributed by atoms with Crippen LogP contribution >= 0.6 is 0 Å². The Morgan fingerprint density at radius 2 is 1.89 bits per heavy atom. The van der Waals surface area contributed by atoms with Gasteiger partial charge in [-0.3, -0.25) is 4.79 Å². The van der Waals surface area contributed by atoms with Crippen LogP contribution in [0, 0.1) is 6.92 Å². The summed E-state index contributed by atoms with van der Waals surface area (Å²) in [4.78, 5) is 13.2. The van der Waals surface area contributed by atoms with E-state index < -0.39 is 10.0 Å². The van der Waals surface area contributed by atoms with Crippen molar-refractivity contribution in [2.45, 2.75) is 18.4 Å². The first kappa shape index (κ1) is 20.0. The van der Waals surface area contributed by atoms with E-state index in [-0.39, 0.29) is 30.7 Å². The molecule has 2 aromatic rings. The van der Waals surface area contributed by atoms with Gasteiger partial charge in [-0.25, -0.2) is 13.1 Å². The van der Waals surface area contributed by atoms with Gasteiger partial charge in [0.2, 0.25) is 16.8 Å². The molecule has 9 heteroatoms. The van der Waals surface area contributed by atoms with E-state index in [9.17, 15) is 13.2 Å². The quantitative estimate of drug-likeness (QED) is 0.752. The van der Waals surface area contributed by atoms with Crippen LogP contribution in [-0.4, -0.2) is 46.7 Å². The predicted molar refractivity (Wildman–Crippen MR) is 102 cm³/mol. The van der Waals surface area contributed by atoms with Crippen molar-refractivity contribution in [3.05, 3.63) is 47.5 Å². The number of nitrogens with one attached hydrogen (secondary N) is 1. The minimum Gasteiger partial charge on any atom is -0.483 e. The molecule has 3 rings (SSSR count). The van der Waals surface area contributed by atoms with E-state index in [2.05, 4.69) is 4.72 Å². The lowest BCUT2D eigenvalue weighted by Crippen LogP contribution is -2.27. The number of amides is 1. The second-order valence-corrected chi connectivity index (χ2v) is 8.28. The molecule has 0 fully saturated rings. The van der Waals surface area contributed by atoms with E-state index in [1.165, 1.54) is 17.0 Å². The highest BCUT2D eigenvalue weighted by Gasteiger charge is 2.18. The minimum atomic E-state index is -3.71. The largest absolute Gasteiger partial charge is 0.483 e. The van der Waals surface area contributed by atoms with Crippen LogP contribution in [0.2, 0.25) is 0 Å². The average molecular weight is 406 g/mol. The molecule has 0 radical (unpaired) electrons. The average Bonchev–Trinajstić information content (AvgIpc) is 3.12. The van der Waals surface area contributed by atoms with Crippen LogP contribution in [0.25, 0.3) is 0 Å². The normalized spacial score (nSPS) is 12.7. The van der Waals surface area contributed by atoms with Crippen LogP contribution in [0.15, 0.2) is 41.3 Å². The summed E-state index contributed by atoms with van der Waals surface area (Å²) in [6.45, 7) is 1.90. The summed E-state index contributed by atoms with van der Waals surface area (Å²) >= 11 is 0. The number of hydrogen-bond acceptors (Lipinski definition) is 6. The maximum Gasteiger partial charge on any atom is 0.259 e. The molecular formula is C19H22N2O6S. The number of rotatable bonds is 7. The highest BCUT2D eigenvalue weighted by molar-refractivity contribution is 7.89. The van der Waals surface area contributed by atoms with Crippen molar-refractivity contribution in [3.8, 4) is 17.2 Å². The van der Waals surface area contributed by atoms with Gasteiger partial charge in [0, 0.05) is 20.6 Å². The van der Waals surface area contributed by atoms with Crippen LogP contribution in [0.5, 0.6) is 17.2 Å². The van der Waals surface area contributed by atoms with E-state index in [4.69, 9.17) is 14.2 Å². The van der Waals surface area contributed by atoms with E-state index in [0.29, 0.717) is 22.8 Å². The topological polar surface area (TPSA) is 94.2 Å². The van der Waals surface area contributed by atoms with Gasteiger partial charge in [0.05, 0.1) is 4.90 Å². The number of fused-ring (bicyclic) bond motifs is 1. The summed E-state index contributed by atoms with van der Waals surface area (Å²) < 4.78 is 43.8. The molecule has 0 saturated carbocycles. The monoisotopic (exact) mass is 406 g/mol. The van der Waals surface area contributed by atoms with Crippen molar-refractivity contribution < 1.29 is 27.4 Å². The first-order valence-electron chi connectivity index (χ1n) is 8.58. The molecule has 0 atom stereocenters. The lowest BCUT2D eigenvalue weighted by molar-refractivity contribution is -0.130. The van der Waals surface area contributed by atoms with E-state index in [1.54, 1.807) is 45.3 Å². The number of aryl methyl sites for hydroxylation is 1. The molecule has 1 amide bonds. The van der Waals surface area contributed by atoms with Gasteiger partial charge in [-0.1, -0.05) is 6.07 Å². The van der Waals surface area contributed by atoms with Crippen LogP contribution in [0.4, 0.5) is 0 Å². The highest BCUT2D eigenvalue weighted by Crippen LogP contribution is 2.32. The Bertz CT molecular complexity index is 988. The molecular weight excluding hydrogens is 384 g/mol. The Balaban J connectivity index is 1.66. The molecule has 0 aromatic heterocycles. The Morgan fingerprint density at radius 3 is 2.61 bits per heavy atom. The molecule has 1 aliphatic heterocycles. The van der Waals surface area contributed by atoms with Crippen LogP contribution < -0.4 is 18.9 Å². The van der Waals surface area contributed by atoms with E-state index >= 15 is 0 Å². The minimum absolute atomic E-state index is 0.109. The molecule has 0 unspecified atom stereocenters. The standard InChI is InChI=1S/C19H22N2O6S/c1-13-8-15(5-7-16(13)25-11-19(22)21(2)3)28(23,24)20-10-14-4-6-17-18(9-14)27-12-26-17/h4-9,20H,10-12H2,1-3H3. The summed E-state index contributed by atoms with van der Waals surface area (Å²) in [6.07, 6.45) is 0. The summed E-state index contributed by atoms with van der Waals surface area (Å²) in [5.41, 5.74) is 1.38. The highest BCUT2D eigenvalue weighted by atomic mass is 32.2. The van der Waals surface area contributed by atoms with Gasteiger partial charge < -0.3 is 19.1 Å². The molecule has 0 saturated heterocycles. The first-order chi connectivity index (χ1) is 13.3. The molecule has 150 valence electrons. The van der Waals surface area contributed by atoms with Crippen molar-refractivity contribution in [2.24, 2.45) is 0 Å². The second-order valence-electron chi connectivity index (χ2n) is 6.52. The fraction of sp³-hybridized carbons (Fsp3) is 0.316. The number of carbonyl (C=O) groups excluding carboxylic acids is 1. The number of sulfonamides is 1. The van der Waals surface area contributed by atoms with Gasteiger partial charge >= 0.3 is 0 Å². The maximum absolute atomic E-state index is 12.6. The summed E-state index contributed by atoms with van der Waals surface area (Å²) in [5, 5.41) is 0. The Kier molecular flexibility index (Phi) is 5.76. The van der Waals surface area contributed by atoms with Gasteiger partial charge in [0.25, 0.3) is 5.91 Å². The van der Waals surface area contributed by atoms with Crippen molar-refractivity contribution >= 4 is 15.9 Å². The number of likely N-dealkylation sites (N-methyl/N-ethyl adjacent to an activating group) is 1. The lowest BCUT2D eigenvalue weighted by atomic mass is 10.2. The van der Waals surface area contributed by atoms with Crippen molar-refractivity contribution in [1.29, 1.82) is 0 Å². The second kappa shape index (κ2) is 8.07. The van der Waals surface area contributed by atoms with Crippen LogP contribution in [0.1, 0.15) is 11.1 Å². The van der Waals surface area contributed by atoms with E-state index in [0.717, 1.165) is 5.56 Å². The third kappa shape index (κ3) is 4.55. The lowest BCUT2D eigenvalue weighted by Gasteiger charge is -2.14. The van der Waals surface area contributed by atoms with Crippen LogP contribution in [-0.2, 0) is 21.4 Å². The zero-order valence-electron chi connectivity index (χ0n) is 15.9. The van der Waals surface area contributed by atoms with Crippen molar-refractivity contribution in [1.82, 2.24) is 9.62 Å². The number of benzene rings is 2. The Hall–Kier alpha value is -2.78. The number of carbonyl (C=O) groups is 1. The Labute approximate surface area is 164 Å². The van der Waals surface area contributed by atoms with Crippen LogP contribution in [0.3, 0.4) is 0 Å². The zero-order valence-corrected chi connectivity index (χ0v) is 16.7. The first-order valence-corrected chi connectivity index (χ1v) is 10.1. The van der Waals surface area contributed by atoms with Gasteiger partial charge in [0.15, 0.2) is 18.1 Å². The molecule has 8 nitrogen and oxygen atoms in total. The zero-order chi connectivity index (χ0) is 20.3. The SMILES string of the molecule is Cc1cc(S(=O)(=O)NCc2ccc3c(c2)OCO3)ccc1OCC(=O)N(C)C. The van der Waals surface area contributed by atoms with Gasteiger partial charge in [-0.15, -0.1) is 0 Å². The molecule has 1 N–H and O–H groups in total. The fourth-order valence-corrected chi connectivity index (χ4v) is 3.63. The Morgan fingerprint density at radius 1 is 1.14 bits per heavy atom. The van der Waals surface area contributed by atoms with Crippen molar-refractivity contribution in [2.75, 3.05) is 27.5 Å². The third-order valence-electron chi connectivity index (χ3n) is 4.21. The van der Waals surface area contributed by atoms with Crippen molar-refractivity contribution in [3.63, 3.8) is 0 Å². The van der Waals surface area contributed by atoms with Gasteiger partial charge in [0.1, 0.15) is 5.75 Å². The molecule has 0 bridgehead atoms. The molecule has 2 aromatic carbocycles. The molecule has 0 aliphatic carbocycles.